The van der Waals surface area contributed by atoms with Crippen molar-refractivity contribution < 1.29 is 9.59 Å². The first kappa shape index (κ1) is 19.5. The number of aromatic nitrogens is 1. The van der Waals surface area contributed by atoms with Crippen molar-refractivity contribution in [1.82, 2.24) is 15.2 Å². The minimum absolute atomic E-state index is 0.129. The van der Waals surface area contributed by atoms with Crippen molar-refractivity contribution in [3.63, 3.8) is 0 Å². The van der Waals surface area contributed by atoms with E-state index in [9.17, 15) is 14.4 Å². The number of benzene rings is 1. The third kappa shape index (κ3) is 4.36. The molecule has 0 spiro atoms. The number of H-pyrrole nitrogens is 1. The van der Waals surface area contributed by atoms with E-state index in [0.29, 0.717) is 27.8 Å². The molecule has 0 saturated carbocycles. The van der Waals surface area contributed by atoms with E-state index in [1.54, 1.807) is 29.2 Å². The van der Waals surface area contributed by atoms with Gasteiger partial charge in [-0.2, -0.15) is 0 Å². The fourth-order valence-electron chi connectivity index (χ4n) is 3.01. The van der Waals surface area contributed by atoms with E-state index in [1.807, 2.05) is 19.9 Å². The molecule has 1 fully saturated rings. The van der Waals surface area contributed by atoms with Gasteiger partial charge < -0.3 is 15.2 Å². The van der Waals surface area contributed by atoms with Crippen molar-refractivity contribution >= 4 is 35.2 Å². The normalized spacial score (nSPS) is 16.4. The molecule has 8 heteroatoms. The Balaban J connectivity index is 1.70. The number of carbonyl (C=O) groups is 2. The van der Waals surface area contributed by atoms with E-state index in [-0.39, 0.29) is 23.9 Å². The molecule has 1 aromatic heterocycles. The molecule has 0 bridgehead atoms. The topological polar surface area (TPSA) is 82.3 Å². The molecule has 3 rings (SSSR count). The number of nitrogens with zero attached hydrogens (tertiary/aromatic N) is 1. The van der Waals surface area contributed by atoms with Gasteiger partial charge in [0.15, 0.2) is 0 Å². The highest BCUT2D eigenvalue weighted by Crippen LogP contribution is 2.24. The Bertz CT molecular complexity index is 927. The molecule has 2 amide bonds. The van der Waals surface area contributed by atoms with Crippen LogP contribution in [0.3, 0.4) is 0 Å². The van der Waals surface area contributed by atoms with Crippen LogP contribution in [0.25, 0.3) is 0 Å². The van der Waals surface area contributed by atoms with Crippen LogP contribution in [0.5, 0.6) is 0 Å². The molecule has 6 nitrogen and oxygen atoms in total. The highest BCUT2D eigenvalue weighted by molar-refractivity contribution is 7.99. The number of pyridine rings is 1. The molecule has 1 atom stereocenters. The van der Waals surface area contributed by atoms with Crippen LogP contribution >= 0.6 is 23.4 Å². The van der Waals surface area contributed by atoms with Gasteiger partial charge in [-0.25, -0.2) is 0 Å². The van der Waals surface area contributed by atoms with Gasteiger partial charge in [-0.15, -0.1) is 11.8 Å². The lowest BCUT2D eigenvalue weighted by Crippen LogP contribution is -2.47. The van der Waals surface area contributed by atoms with E-state index < -0.39 is 6.04 Å². The maximum atomic E-state index is 12.7. The average Bonchev–Trinajstić information content (AvgIpc) is 3.10. The van der Waals surface area contributed by atoms with E-state index in [4.69, 9.17) is 11.6 Å². The first-order valence-corrected chi connectivity index (χ1v) is 10.0. The molecule has 1 aromatic carbocycles. The predicted octanol–water partition coefficient (Wildman–Crippen LogP) is 2.48. The van der Waals surface area contributed by atoms with Gasteiger partial charge in [-0.3, -0.25) is 14.4 Å². The molecule has 1 aliphatic rings. The molecular weight excluding hydrogens is 386 g/mol. The summed E-state index contributed by atoms with van der Waals surface area (Å²) in [5.41, 5.74) is 2.41. The smallest absolute Gasteiger partial charge is 0.255 e. The summed E-state index contributed by atoms with van der Waals surface area (Å²) in [5, 5.41) is 3.35. The lowest BCUT2D eigenvalue weighted by molar-refractivity contribution is -0.124. The van der Waals surface area contributed by atoms with E-state index >= 15 is 0 Å². The number of nitrogens with one attached hydrogen (secondary N) is 2. The van der Waals surface area contributed by atoms with Crippen molar-refractivity contribution in [2.24, 2.45) is 0 Å². The summed E-state index contributed by atoms with van der Waals surface area (Å²) in [7, 11) is 0. The molecule has 1 unspecified atom stereocenters. The number of aromatic amines is 1. The van der Waals surface area contributed by atoms with Gasteiger partial charge in [0.1, 0.15) is 6.04 Å². The number of aryl methyl sites for hydroxylation is 2. The van der Waals surface area contributed by atoms with Gasteiger partial charge in [0.2, 0.25) is 5.91 Å². The lowest BCUT2D eigenvalue weighted by atomic mass is 10.1. The Kier molecular flexibility index (Phi) is 5.92. The zero-order valence-electron chi connectivity index (χ0n) is 15.0. The van der Waals surface area contributed by atoms with E-state index in [2.05, 4.69) is 10.3 Å². The lowest BCUT2D eigenvalue weighted by Gasteiger charge is -2.23. The first-order chi connectivity index (χ1) is 12.9. The van der Waals surface area contributed by atoms with Crippen molar-refractivity contribution in [2.75, 3.05) is 11.6 Å². The average molecular weight is 406 g/mol. The van der Waals surface area contributed by atoms with Gasteiger partial charge in [0, 0.05) is 34.1 Å². The molecule has 1 aliphatic heterocycles. The Hall–Kier alpha value is -2.25. The second kappa shape index (κ2) is 8.19. The maximum Gasteiger partial charge on any atom is 0.255 e. The van der Waals surface area contributed by atoms with Crippen LogP contribution in [0.2, 0.25) is 5.02 Å². The molecule has 27 heavy (non-hydrogen) atoms. The van der Waals surface area contributed by atoms with E-state index in [1.165, 1.54) is 11.8 Å². The highest BCUT2D eigenvalue weighted by Gasteiger charge is 2.35. The van der Waals surface area contributed by atoms with Gasteiger partial charge >= 0.3 is 0 Å². The zero-order valence-corrected chi connectivity index (χ0v) is 16.6. The standard InChI is InChI=1S/C19H20ClN3O3S/c1-11-7-12(2)22-17(24)15(11)8-21-18(25)16-9-27-10-23(16)19(26)13-3-5-14(20)6-4-13/h3-7,16H,8-10H2,1-2H3,(H,21,25)(H,22,24). The maximum absolute atomic E-state index is 12.7. The van der Waals surface area contributed by atoms with Crippen LogP contribution in [0.4, 0.5) is 0 Å². The van der Waals surface area contributed by atoms with Crippen LogP contribution in [-0.2, 0) is 11.3 Å². The fourth-order valence-corrected chi connectivity index (χ4v) is 4.29. The molecule has 2 N–H and O–H groups in total. The molecular formula is C19H20ClN3O3S. The minimum Gasteiger partial charge on any atom is -0.350 e. The molecule has 1 saturated heterocycles. The van der Waals surface area contributed by atoms with Crippen LogP contribution in [0.1, 0.15) is 27.2 Å². The molecule has 2 heterocycles. The highest BCUT2D eigenvalue weighted by atomic mass is 35.5. The summed E-state index contributed by atoms with van der Waals surface area (Å²) in [4.78, 5) is 41.8. The third-order valence-electron chi connectivity index (χ3n) is 4.47. The Morgan fingerprint density at radius 2 is 2.00 bits per heavy atom. The minimum atomic E-state index is -0.567. The monoisotopic (exact) mass is 405 g/mol. The number of thioether (sulfide) groups is 1. The molecule has 0 aliphatic carbocycles. The summed E-state index contributed by atoms with van der Waals surface area (Å²) < 4.78 is 0. The van der Waals surface area contributed by atoms with Crippen molar-refractivity contribution in [3.8, 4) is 0 Å². The quantitative estimate of drug-likeness (QED) is 0.818. The summed E-state index contributed by atoms with van der Waals surface area (Å²) in [5.74, 6) is 0.501. The van der Waals surface area contributed by atoms with Gasteiger partial charge in [-0.1, -0.05) is 11.6 Å². The van der Waals surface area contributed by atoms with Crippen LogP contribution in [0, 0.1) is 13.8 Å². The van der Waals surface area contributed by atoms with Gasteiger partial charge in [0.05, 0.1) is 5.88 Å². The second-order valence-corrected chi connectivity index (χ2v) is 7.89. The Morgan fingerprint density at radius 1 is 1.30 bits per heavy atom. The molecule has 142 valence electrons. The number of hydrogen-bond acceptors (Lipinski definition) is 4. The van der Waals surface area contributed by atoms with Crippen LogP contribution in [0.15, 0.2) is 35.1 Å². The summed E-state index contributed by atoms with van der Waals surface area (Å²) in [6.45, 7) is 3.78. The summed E-state index contributed by atoms with van der Waals surface area (Å²) in [6, 6.07) is 7.90. The summed E-state index contributed by atoms with van der Waals surface area (Å²) in [6.07, 6.45) is 0. The van der Waals surface area contributed by atoms with E-state index in [0.717, 1.165) is 11.3 Å². The number of halogens is 1. The number of rotatable bonds is 4. The number of hydrogen-bond donors (Lipinski definition) is 2. The SMILES string of the molecule is Cc1cc(C)c(CNC(=O)C2CSCN2C(=O)c2ccc(Cl)cc2)c(=O)[nH]1. The van der Waals surface area contributed by atoms with Crippen LogP contribution < -0.4 is 10.9 Å². The second-order valence-electron chi connectivity index (χ2n) is 6.46. The van der Waals surface area contributed by atoms with Crippen molar-refractivity contribution in [3.05, 3.63) is 68.1 Å². The Labute approximate surface area is 166 Å². The zero-order chi connectivity index (χ0) is 19.6. The number of carbonyl (C=O) groups excluding carboxylic acids is 2. The third-order valence-corrected chi connectivity index (χ3v) is 5.73. The summed E-state index contributed by atoms with van der Waals surface area (Å²) >= 11 is 7.39. The van der Waals surface area contributed by atoms with Crippen LogP contribution in [-0.4, -0.2) is 39.4 Å². The molecule has 2 aromatic rings. The molecule has 0 radical (unpaired) electrons. The first-order valence-electron chi connectivity index (χ1n) is 8.48. The van der Waals surface area contributed by atoms with Crippen molar-refractivity contribution in [1.29, 1.82) is 0 Å². The largest absolute Gasteiger partial charge is 0.350 e. The number of amides is 2. The predicted molar refractivity (Wildman–Crippen MR) is 107 cm³/mol. The fraction of sp³-hybridized carbons (Fsp3) is 0.316. The van der Waals surface area contributed by atoms with Gasteiger partial charge in [0.25, 0.3) is 11.5 Å². The van der Waals surface area contributed by atoms with Gasteiger partial charge in [-0.05, 0) is 49.7 Å². The Morgan fingerprint density at radius 3 is 2.67 bits per heavy atom. The van der Waals surface area contributed by atoms with Crippen molar-refractivity contribution in [2.45, 2.75) is 26.4 Å².